The fourth-order valence-corrected chi connectivity index (χ4v) is 2.73. The average molecular weight is 340 g/mol. The van der Waals surface area contributed by atoms with E-state index in [0.29, 0.717) is 10.6 Å². The summed E-state index contributed by atoms with van der Waals surface area (Å²) in [5.74, 6) is 0. The third-order valence-corrected chi connectivity index (χ3v) is 3.76. The topological polar surface area (TPSA) is 72.5 Å². The Bertz CT molecular complexity index is 608. The number of carbonyl (C=O) groups excluding carboxylic acids is 1. The molecule has 0 saturated heterocycles. The van der Waals surface area contributed by atoms with Crippen molar-refractivity contribution in [1.29, 1.82) is 0 Å². The minimum absolute atomic E-state index is 0.0588. The van der Waals surface area contributed by atoms with Gasteiger partial charge in [-0.2, -0.15) is 0 Å². The van der Waals surface area contributed by atoms with Gasteiger partial charge < -0.3 is 10.1 Å². The van der Waals surface area contributed by atoms with Crippen LogP contribution in [0.25, 0.3) is 0 Å². The number of benzene rings is 1. The number of hydrogen-bond donors (Lipinski definition) is 1. The molecule has 1 aromatic carbocycles. The summed E-state index contributed by atoms with van der Waals surface area (Å²) in [5.41, 5.74) is -0.349. The van der Waals surface area contributed by atoms with Crippen molar-refractivity contribution < 1.29 is 17.9 Å². The number of carbonyl (C=O) groups is 1. The molecular weight excluding hydrogens is 325 g/mol. The largest absolute Gasteiger partial charge is 0.444 e. The van der Waals surface area contributed by atoms with E-state index in [0.717, 1.165) is 0 Å². The highest BCUT2D eigenvalue weighted by Gasteiger charge is 2.19. The second-order valence-corrected chi connectivity index (χ2v) is 8.02. The van der Waals surface area contributed by atoms with Gasteiger partial charge in [0, 0.05) is 22.2 Å². The first kappa shape index (κ1) is 17.1. The maximum atomic E-state index is 11.5. The number of halogens is 2. The van der Waals surface area contributed by atoms with Crippen molar-refractivity contribution in [3.05, 3.63) is 28.8 Å². The molecule has 8 heteroatoms. The molecule has 0 aliphatic carbocycles. The smallest absolute Gasteiger partial charge is 0.407 e. The molecule has 112 valence electrons. The highest BCUT2D eigenvalue weighted by molar-refractivity contribution is 8.13. The molecule has 5 nitrogen and oxygen atoms in total. The first-order valence-corrected chi connectivity index (χ1v) is 8.38. The lowest BCUT2D eigenvalue weighted by Crippen LogP contribution is -2.32. The van der Waals surface area contributed by atoms with Crippen LogP contribution in [0.15, 0.2) is 23.1 Å². The Morgan fingerprint density at radius 3 is 2.45 bits per heavy atom. The molecule has 1 aromatic rings. The van der Waals surface area contributed by atoms with Gasteiger partial charge in [0.2, 0.25) is 0 Å². The van der Waals surface area contributed by atoms with E-state index in [1.165, 1.54) is 18.2 Å². The van der Waals surface area contributed by atoms with Crippen LogP contribution in [0.4, 0.5) is 4.79 Å². The van der Waals surface area contributed by atoms with Gasteiger partial charge in [-0.15, -0.1) is 0 Å². The highest BCUT2D eigenvalue weighted by Crippen LogP contribution is 2.23. The molecule has 0 heterocycles. The van der Waals surface area contributed by atoms with Gasteiger partial charge in [-0.25, -0.2) is 13.2 Å². The number of nitrogens with one attached hydrogen (secondary N) is 1. The number of ether oxygens (including phenoxy) is 1. The Morgan fingerprint density at radius 2 is 1.95 bits per heavy atom. The molecule has 20 heavy (non-hydrogen) atoms. The summed E-state index contributed by atoms with van der Waals surface area (Å²) in [6.45, 7) is 5.11. The fraction of sp³-hybridized carbons (Fsp3) is 0.417. The standard InChI is InChI=1S/C12H15Cl2NO4S/c1-12(2,3)19-11(16)15-7-8-6-9(13)4-5-10(8)20(14,17)18/h4-6H,7H2,1-3H3,(H,15,16). The Balaban J connectivity index is 2.88. The van der Waals surface area contributed by atoms with E-state index in [9.17, 15) is 13.2 Å². The second kappa shape index (κ2) is 6.20. The molecule has 0 spiro atoms. The Morgan fingerprint density at radius 1 is 1.35 bits per heavy atom. The van der Waals surface area contributed by atoms with Gasteiger partial charge >= 0.3 is 6.09 Å². The lowest BCUT2D eigenvalue weighted by Gasteiger charge is -2.20. The van der Waals surface area contributed by atoms with Crippen molar-refractivity contribution in [3.8, 4) is 0 Å². The predicted octanol–water partition coefficient (Wildman–Crippen LogP) is 3.29. The SMILES string of the molecule is CC(C)(C)OC(=O)NCc1cc(Cl)ccc1S(=O)(=O)Cl. The molecule has 0 aliphatic heterocycles. The summed E-state index contributed by atoms with van der Waals surface area (Å²) in [6, 6.07) is 4.12. The quantitative estimate of drug-likeness (QED) is 0.857. The fourth-order valence-electron chi connectivity index (χ4n) is 1.41. The molecular formula is C12H15Cl2NO4S. The van der Waals surface area contributed by atoms with E-state index in [-0.39, 0.29) is 11.4 Å². The van der Waals surface area contributed by atoms with Crippen molar-refractivity contribution >= 4 is 37.4 Å². The van der Waals surface area contributed by atoms with Gasteiger partial charge in [-0.1, -0.05) is 11.6 Å². The van der Waals surface area contributed by atoms with Crippen LogP contribution in [0.5, 0.6) is 0 Å². The minimum atomic E-state index is -3.91. The van der Waals surface area contributed by atoms with Crippen LogP contribution >= 0.6 is 22.3 Å². The molecule has 1 rings (SSSR count). The van der Waals surface area contributed by atoms with Crippen LogP contribution in [0.3, 0.4) is 0 Å². The molecule has 1 amide bonds. The van der Waals surface area contributed by atoms with E-state index in [4.69, 9.17) is 27.0 Å². The van der Waals surface area contributed by atoms with E-state index in [1.807, 2.05) is 0 Å². The maximum Gasteiger partial charge on any atom is 0.407 e. The van der Waals surface area contributed by atoms with Crippen molar-refractivity contribution in [2.45, 2.75) is 37.8 Å². The second-order valence-electron chi connectivity index (χ2n) is 5.05. The van der Waals surface area contributed by atoms with E-state index >= 15 is 0 Å². The maximum absolute atomic E-state index is 11.5. The van der Waals surface area contributed by atoms with Gasteiger partial charge in [-0.05, 0) is 44.5 Å². The van der Waals surface area contributed by atoms with Crippen molar-refractivity contribution in [1.82, 2.24) is 5.32 Å². The summed E-state index contributed by atoms with van der Waals surface area (Å²) in [7, 11) is 1.41. The van der Waals surface area contributed by atoms with Crippen LogP contribution in [-0.4, -0.2) is 20.1 Å². The summed E-state index contributed by atoms with van der Waals surface area (Å²) in [6.07, 6.45) is -0.657. The lowest BCUT2D eigenvalue weighted by molar-refractivity contribution is 0.0523. The molecule has 0 aromatic heterocycles. The van der Waals surface area contributed by atoms with Crippen LogP contribution in [0.2, 0.25) is 5.02 Å². The number of amides is 1. The Kier molecular flexibility index (Phi) is 5.29. The molecule has 0 bridgehead atoms. The van der Waals surface area contributed by atoms with Gasteiger partial charge in [0.15, 0.2) is 0 Å². The highest BCUT2D eigenvalue weighted by atomic mass is 35.7. The summed E-state index contributed by atoms with van der Waals surface area (Å²) in [5, 5.41) is 2.79. The van der Waals surface area contributed by atoms with Gasteiger partial charge in [-0.3, -0.25) is 0 Å². The third-order valence-electron chi connectivity index (χ3n) is 2.11. The first-order chi connectivity index (χ1) is 8.99. The Hall–Kier alpha value is -0.980. The normalized spacial score (nSPS) is 12.1. The molecule has 0 aliphatic rings. The number of alkyl carbamates (subject to hydrolysis) is 1. The van der Waals surface area contributed by atoms with E-state index in [2.05, 4.69) is 5.32 Å². The zero-order chi connectivity index (χ0) is 15.6. The van der Waals surface area contributed by atoms with Crippen molar-refractivity contribution in [3.63, 3.8) is 0 Å². The van der Waals surface area contributed by atoms with Crippen LogP contribution in [0.1, 0.15) is 26.3 Å². The van der Waals surface area contributed by atoms with Crippen molar-refractivity contribution in [2.24, 2.45) is 0 Å². The monoisotopic (exact) mass is 339 g/mol. The van der Waals surface area contributed by atoms with Crippen LogP contribution < -0.4 is 5.32 Å². The molecule has 0 saturated carbocycles. The third kappa shape index (κ3) is 5.56. The molecule has 0 unspecified atom stereocenters. The summed E-state index contributed by atoms with van der Waals surface area (Å²) in [4.78, 5) is 11.4. The molecule has 1 N–H and O–H groups in total. The Labute approximate surface area is 127 Å². The lowest BCUT2D eigenvalue weighted by atomic mass is 10.2. The first-order valence-electron chi connectivity index (χ1n) is 5.69. The predicted molar refractivity (Wildman–Crippen MR) is 77.6 cm³/mol. The molecule has 0 radical (unpaired) electrons. The number of rotatable bonds is 3. The van der Waals surface area contributed by atoms with E-state index < -0.39 is 20.7 Å². The molecule has 0 atom stereocenters. The van der Waals surface area contributed by atoms with Gasteiger partial charge in [0.1, 0.15) is 5.60 Å². The van der Waals surface area contributed by atoms with Crippen LogP contribution in [-0.2, 0) is 20.3 Å². The zero-order valence-corrected chi connectivity index (χ0v) is 13.6. The zero-order valence-electron chi connectivity index (χ0n) is 11.2. The van der Waals surface area contributed by atoms with E-state index in [1.54, 1.807) is 20.8 Å². The minimum Gasteiger partial charge on any atom is -0.444 e. The number of hydrogen-bond acceptors (Lipinski definition) is 4. The molecule has 0 fully saturated rings. The average Bonchev–Trinajstić information content (AvgIpc) is 2.22. The van der Waals surface area contributed by atoms with Gasteiger partial charge in [0.05, 0.1) is 4.90 Å². The summed E-state index contributed by atoms with van der Waals surface area (Å²) >= 11 is 5.81. The summed E-state index contributed by atoms with van der Waals surface area (Å²) < 4.78 is 27.9. The van der Waals surface area contributed by atoms with Crippen molar-refractivity contribution in [2.75, 3.05) is 0 Å². The van der Waals surface area contributed by atoms with Gasteiger partial charge in [0.25, 0.3) is 9.05 Å². The van der Waals surface area contributed by atoms with Crippen LogP contribution in [0, 0.1) is 0 Å².